The highest BCUT2D eigenvalue weighted by atomic mass is 19.1. The molecule has 0 saturated heterocycles. The van der Waals surface area contributed by atoms with Crippen molar-refractivity contribution in [1.82, 2.24) is 5.32 Å². The highest BCUT2D eigenvalue weighted by Gasteiger charge is 2.20. The molecule has 7 heteroatoms. The smallest absolute Gasteiger partial charge is 0.339 e. The largest absolute Gasteiger partial charge is 0.496 e. The van der Waals surface area contributed by atoms with Gasteiger partial charge in [0.25, 0.3) is 5.91 Å². The fourth-order valence-electron chi connectivity index (χ4n) is 2.13. The molecule has 122 valence electrons. The summed E-state index contributed by atoms with van der Waals surface area (Å²) in [6.45, 7) is 1.74. The zero-order valence-electron chi connectivity index (χ0n) is 12.7. The molecule has 0 spiro atoms. The highest BCUT2D eigenvalue weighted by molar-refractivity contribution is 5.96. The molecule has 0 radical (unpaired) electrons. The molecule has 1 heterocycles. The van der Waals surface area contributed by atoms with Gasteiger partial charge in [0.1, 0.15) is 22.9 Å². The molecule has 2 N–H and O–H groups in total. The maximum absolute atomic E-state index is 13.3. The second-order valence-corrected chi connectivity index (χ2v) is 4.75. The zero-order chi connectivity index (χ0) is 17.0. The highest BCUT2D eigenvalue weighted by Crippen LogP contribution is 2.20. The van der Waals surface area contributed by atoms with E-state index in [0.717, 1.165) is 0 Å². The number of halogens is 1. The van der Waals surface area contributed by atoms with Crippen LogP contribution in [-0.4, -0.2) is 24.1 Å². The molecule has 0 atom stereocenters. The summed E-state index contributed by atoms with van der Waals surface area (Å²) in [4.78, 5) is 23.1. The quantitative estimate of drug-likeness (QED) is 0.854. The topological polar surface area (TPSA) is 88.8 Å². The molecular formula is C16H16FNO5. The fraction of sp³-hybridized carbons (Fsp3) is 0.250. The summed E-state index contributed by atoms with van der Waals surface area (Å²) in [6.07, 6.45) is 0.354. The van der Waals surface area contributed by atoms with Gasteiger partial charge in [-0.2, -0.15) is 0 Å². The second-order valence-electron chi connectivity index (χ2n) is 4.75. The van der Waals surface area contributed by atoms with Crippen LogP contribution in [0.15, 0.2) is 28.7 Å². The number of aromatic carboxylic acids is 1. The number of aryl methyl sites for hydroxylation is 1. The first kappa shape index (κ1) is 16.5. The summed E-state index contributed by atoms with van der Waals surface area (Å²) >= 11 is 0. The molecule has 0 aliphatic rings. The number of ether oxygens (including phenoxy) is 1. The number of carboxylic acids is 1. The van der Waals surface area contributed by atoms with E-state index < -0.39 is 17.7 Å². The molecule has 2 aromatic rings. The summed E-state index contributed by atoms with van der Waals surface area (Å²) in [5, 5.41) is 11.6. The first-order valence-corrected chi connectivity index (χ1v) is 6.92. The molecule has 23 heavy (non-hydrogen) atoms. The average molecular weight is 321 g/mol. The molecule has 0 fully saturated rings. The number of hydrogen-bond acceptors (Lipinski definition) is 4. The number of hydrogen-bond donors (Lipinski definition) is 2. The summed E-state index contributed by atoms with van der Waals surface area (Å²) < 4.78 is 23.6. The van der Waals surface area contributed by atoms with Gasteiger partial charge in [-0.15, -0.1) is 0 Å². The summed E-state index contributed by atoms with van der Waals surface area (Å²) in [5.41, 5.74) is 0.419. The third-order valence-electron chi connectivity index (χ3n) is 3.27. The molecule has 0 unspecified atom stereocenters. The van der Waals surface area contributed by atoms with E-state index in [1.165, 1.54) is 31.4 Å². The maximum atomic E-state index is 13.3. The number of furan rings is 1. The Hall–Kier alpha value is -2.83. The first-order chi connectivity index (χ1) is 11.0. The van der Waals surface area contributed by atoms with Crippen molar-refractivity contribution in [3.05, 3.63) is 52.7 Å². The monoisotopic (exact) mass is 321 g/mol. The van der Waals surface area contributed by atoms with Gasteiger partial charge in [0.15, 0.2) is 5.76 Å². The van der Waals surface area contributed by atoms with E-state index in [-0.39, 0.29) is 23.6 Å². The van der Waals surface area contributed by atoms with Crippen molar-refractivity contribution in [3.63, 3.8) is 0 Å². The van der Waals surface area contributed by atoms with Crippen LogP contribution in [-0.2, 0) is 13.0 Å². The van der Waals surface area contributed by atoms with Gasteiger partial charge in [-0.25, -0.2) is 9.18 Å². The fourth-order valence-corrected chi connectivity index (χ4v) is 2.13. The maximum Gasteiger partial charge on any atom is 0.339 e. The van der Waals surface area contributed by atoms with Crippen molar-refractivity contribution < 1.29 is 28.2 Å². The standard InChI is InChI=1S/C16H16FNO5/c1-3-12-11(16(20)21)7-14(23-12)15(19)18-8-9-6-10(17)4-5-13(9)22-2/h4-7H,3,8H2,1-2H3,(H,18,19)(H,20,21). The van der Waals surface area contributed by atoms with Gasteiger partial charge >= 0.3 is 5.97 Å². The Labute approximate surface area is 131 Å². The van der Waals surface area contributed by atoms with Crippen LogP contribution < -0.4 is 10.1 Å². The number of benzene rings is 1. The third-order valence-corrected chi connectivity index (χ3v) is 3.27. The van der Waals surface area contributed by atoms with Gasteiger partial charge in [0.05, 0.1) is 7.11 Å². The Balaban J connectivity index is 2.14. The van der Waals surface area contributed by atoms with Crippen molar-refractivity contribution in [1.29, 1.82) is 0 Å². The van der Waals surface area contributed by atoms with Gasteiger partial charge in [-0.3, -0.25) is 4.79 Å². The number of nitrogens with one attached hydrogen (secondary N) is 1. The minimum Gasteiger partial charge on any atom is -0.496 e. The van der Waals surface area contributed by atoms with Crippen molar-refractivity contribution in [2.75, 3.05) is 7.11 Å². The molecule has 1 aromatic carbocycles. The van der Waals surface area contributed by atoms with E-state index in [1.807, 2.05) is 0 Å². The molecule has 0 aliphatic heterocycles. The molecule has 0 aliphatic carbocycles. The van der Waals surface area contributed by atoms with Gasteiger partial charge in [0, 0.05) is 24.6 Å². The lowest BCUT2D eigenvalue weighted by Crippen LogP contribution is -2.22. The zero-order valence-corrected chi connectivity index (χ0v) is 12.7. The lowest BCUT2D eigenvalue weighted by Gasteiger charge is -2.09. The van der Waals surface area contributed by atoms with Crippen LogP contribution in [0.1, 0.15) is 39.2 Å². The second kappa shape index (κ2) is 6.95. The molecule has 0 saturated carbocycles. The van der Waals surface area contributed by atoms with Crippen molar-refractivity contribution in [3.8, 4) is 5.75 Å². The number of carbonyl (C=O) groups excluding carboxylic acids is 1. The molecule has 2 rings (SSSR count). The number of methoxy groups -OCH3 is 1. The molecule has 6 nitrogen and oxygen atoms in total. The predicted molar refractivity (Wildman–Crippen MR) is 79.2 cm³/mol. The van der Waals surface area contributed by atoms with Crippen LogP contribution >= 0.6 is 0 Å². The van der Waals surface area contributed by atoms with Crippen LogP contribution in [0.2, 0.25) is 0 Å². The van der Waals surface area contributed by atoms with Crippen LogP contribution in [0, 0.1) is 5.82 Å². The van der Waals surface area contributed by atoms with Crippen LogP contribution in [0.5, 0.6) is 5.75 Å². The lowest BCUT2D eigenvalue weighted by molar-refractivity contribution is 0.0694. The van der Waals surface area contributed by atoms with E-state index in [2.05, 4.69) is 5.32 Å². The number of carbonyl (C=O) groups is 2. The molecule has 0 bridgehead atoms. The van der Waals surface area contributed by atoms with Crippen molar-refractivity contribution in [2.24, 2.45) is 0 Å². The Morgan fingerprint density at radius 3 is 2.65 bits per heavy atom. The van der Waals surface area contributed by atoms with Crippen LogP contribution in [0.3, 0.4) is 0 Å². The Kier molecular flexibility index (Phi) is 5.00. The molecule has 1 amide bonds. The summed E-state index contributed by atoms with van der Waals surface area (Å²) in [7, 11) is 1.44. The van der Waals surface area contributed by atoms with Crippen molar-refractivity contribution >= 4 is 11.9 Å². The summed E-state index contributed by atoms with van der Waals surface area (Å²) in [5.74, 6) is -1.63. The molecular weight excluding hydrogens is 305 g/mol. The Morgan fingerprint density at radius 2 is 2.09 bits per heavy atom. The van der Waals surface area contributed by atoms with E-state index in [1.54, 1.807) is 6.92 Å². The SMILES string of the molecule is CCc1oc(C(=O)NCc2cc(F)ccc2OC)cc1C(=O)O. The van der Waals surface area contributed by atoms with E-state index >= 15 is 0 Å². The van der Waals surface area contributed by atoms with Crippen LogP contribution in [0.25, 0.3) is 0 Å². The number of rotatable bonds is 6. The van der Waals surface area contributed by atoms with Crippen LogP contribution in [0.4, 0.5) is 4.39 Å². The lowest BCUT2D eigenvalue weighted by atomic mass is 10.2. The van der Waals surface area contributed by atoms with Gasteiger partial charge in [0.2, 0.25) is 0 Å². The predicted octanol–water partition coefficient (Wildman–Crippen LogP) is 2.62. The minimum atomic E-state index is -1.16. The Morgan fingerprint density at radius 1 is 1.35 bits per heavy atom. The van der Waals surface area contributed by atoms with Crippen molar-refractivity contribution in [2.45, 2.75) is 19.9 Å². The number of carboxylic acid groups (broad SMARTS) is 1. The normalized spacial score (nSPS) is 10.4. The van der Waals surface area contributed by atoms with E-state index in [0.29, 0.717) is 17.7 Å². The van der Waals surface area contributed by atoms with Gasteiger partial charge in [-0.1, -0.05) is 6.92 Å². The van der Waals surface area contributed by atoms with E-state index in [4.69, 9.17) is 14.3 Å². The molecule has 1 aromatic heterocycles. The van der Waals surface area contributed by atoms with Gasteiger partial charge in [-0.05, 0) is 18.2 Å². The van der Waals surface area contributed by atoms with Gasteiger partial charge < -0.3 is 19.6 Å². The average Bonchev–Trinajstić information content (AvgIpc) is 2.97. The summed E-state index contributed by atoms with van der Waals surface area (Å²) in [6, 6.07) is 5.14. The Bertz CT molecular complexity index is 738. The minimum absolute atomic E-state index is 0.0182. The first-order valence-electron chi connectivity index (χ1n) is 6.92. The van der Waals surface area contributed by atoms with E-state index in [9.17, 15) is 14.0 Å². The number of amides is 1. The third kappa shape index (κ3) is 3.68.